The number of benzene rings is 2. The minimum absolute atomic E-state index is 0.109. The molecule has 2 aromatic carbocycles. The molecule has 0 aliphatic carbocycles. The molecule has 1 N–H and O–H groups in total. The molecule has 1 unspecified atom stereocenters. The lowest BCUT2D eigenvalue weighted by molar-refractivity contribution is -0.145. The molecule has 28 heavy (non-hydrogen) atoms. The van der Waals surface area contributed by atoms with Crippen LogP contribution in [0.15, 0.2) is 59.5 Å². The van der Waals surface area contributed by atoms with Crippen molar-refractivity contribution < 1.29 is 22.7 Å². The number of aryl methyl sites for hydroxylation is 1. The zero-order chi connectivity index (χ0) is 20.4. The molecule has 6 nitrogen and oxygen atoms in total. The summed E-state index contributed by atoms with van der Waals surface area (Å²) in [4.78, 5) is 11.5. The predicted molar refractivity (Wildman–Crippen MR) is 111 cm³/mol. The summed E-state index contributed by atoms with van der Waals surface area (Å²) in [5, 5.41) is -0.239. The van der Waals surface area contributed by atoms with Gasteiger partial charge in [-0.25, -0.2) is 13.2 Å². The lowest BCUT2D eigenvalue weighted by atomic mass is 10.2. The van der Waals surface area contributed by atoms with Crippen molar-refractivity contribution in [2.45, 2.75) is 30.5 Å². The Hall–Kier alpha value is -2.03. The normalized spacial score (nSPS) is 12.4. The molecule has 0 bridgehead atoms. The summed E-state index contributed by atoms with van der Waals surface area (Å²) in [7, 11) is -3.50. The van der Waals surface area contributed by atoms with Gasteiger partial charge in [0.05, 0.1) is 16.9 Å². The highest BCUT2D eigenvalue weighted by Gasteiger charge is 2.16. The van der Waals surface area contributed by atoms with Crippen LogP contribution in [0.3, 0.4) is 0 Å². The van der Waals surface area contributed by atoms with Crippen LogP contribution in [0.2, 0.25) is 0 Å². The van der Waals surface area contributed by atoms with Crippen molar-refractivity contribution >= 4 is 27.8 Å². The van der Waals surface area contributed by atoms with Gasteiger partial charge in [0.25, 0.3) is 0 Å². The maximum atomic E-state index is 12.3. The van der Waals surface area contributed by atoms with Crippen molar-refractivity contribution in [3.8, 4) is 5.75 Å². The first-order valence-corrected chi connectivity index (χ1v) is 11.5. The minimum Gasteiger partial charge on any atom is -0.482 e. The first kappa shape index (κ1) is 22.3. The van der Waals surface area contributed by atoms with Gasteiger partial charge in [-0.1, -0.05) is 30.3 Å². The van der Waals surface area contributed by atoms with E-state index >= 15 is 0 Å². The highest BCUT2D eigenvalue weighted by molar-refractivity contribution is 8.00. The topological polar surface area (TPSA) is 81.7 Å². The number of nitrogens with one attached hydrogen (secondary N) is 1. The van der Waals surface area contributed by atoms with E-state index in [0.29, 0.717) is 12.4 Å². The molecule has 152 valence electrons. The van der Waals surface area contributed by atoms with Crippen LogP contribution in [-0.4, -0.2) is 38.7 Å². The third-order valence-corrected chi connectivity index (χ3v) is 6.48. The number of ether oxygens (including phenoxy) is 2. The predicted octanol–water partition coefficient (Wildman–Crippen LogP) is 3.23. The van der Waals surface area contributed by atoms with E-state index < -0.39 is 16.0 Å². The first-order chi connectivity index (χ1) is 13.4. The molecule has 0 fully saturated rings. The second-order valence-electron chi connectivity index (χ2n) is 5.94. The second kappa shape index (κ2) is 11.1. The average Bonchev–Trinajstić information content (AvgIpc) is 2.68. The molecule has 2 rings (SSSR count). The van der Waals surface area contributed by atoms with Gasteiger partial charge >= 0.3 is 5.97 Å². The van der Waals surface area contributed by atoms with Gasteiger partial charge in [-0.05, 0) is 55.9 Å². The molecule has 0 spiro atoms. The van der Waals surface area contributed by atoms with Gasteiger partial charge in [-0.2, -0.15) is 4.72 Å². The van der Waals surface area contributed by atoms with Crippen LogP contribution in [0.5, 0.6) is 5.75 Å². The number of rotatable bonds is 11. The number of hydrogen-bond acceptors (Lipinski definition) is 6. The van der Waals surface area contributed by atoms with Crippen molar-refractivity contribution in [2.75, 3.05) is 19.0 Å². The van der Waals surface area contributed by atoms with Gasteiger partial charge in [-0.15, -0.1) is 11.8 Å². The Bertz CT molecular complexity index is 839. The quantitative estimate of drug-likeness (QED) is 0.441. The Morgan fingerprint density at radius 3 is 2.43 bits per heavy atom. The molecule has 0 heterocycles. The molecule has 0 radical (unpaired) electrons. The smallest absolute Gasteiger partial charge is 0.344 e. The summed E-state index contributed by atoms with van der Waals surface area (Å²) < 4.78 is 37.4. The molecular weight excluding hydrogens is 398 g/mol. The van der Waals surface area contributed by atoms with E-state index in [0.717, 1.165) is 17.7 Å². The second-order valence-corrected chi connectivity index (χ2v) is 9.10. The van der Waals surface area contributed by atoms with Crippen molar-refractivity contribution in [2.24, 2.45) is 0 Å². The minimum atomic E-state index is -3.50. The highest BCUT2D eigenvalue weighted by Crippen LogP contribution is 2.17. The standard InChI is InChI=1S/C20H25NO5S2/c1-3-25-20(22)15-26-18-11-9-17(10-12-18)13-14-27-16(2)21-28(23,24)19-7-5-4-6-8-19/h4-12,16,21H,3,13-15H2,1-2H3. The van der Waals surface area contributed by atoms with E-state index in [4.69, 9.17) is 9.47 Å². The van der Waals surface area contributed by atoms with E-state index in [9.17, 15) is 13.2 Å². The number of sulfonamides is 1. The summed E-state index contributed by atoms with van der Waals surface area (Å²) in [6, 6.07) is 15.8. The molecule has 0 saturated carbocycles. The largest absolute Gasteiger partial charge is 0.482 e. The van der Waals surface area contributed by atoms with Crippen LogP contribution in [0.4, 0.5) is 0 Å². The van der Waals surface area contributed by atoms with Gasteiger partial charge in [0.1, 0.15) is 5.75 Å². The maximum Gasteiger partial charge on any atom is 0.344 e. The molecule has 0 saturated heterocycles. The van der Waals surface area contributed by atoms with Gasteiger partial charge in [0.15, 0.2) is 6.61 Å². The Morgan fingerprint density at radius 2 is 1.79 bits per heavy atom. The van der Waals surface area contributed by atoms with Crippen molar-refractivity contribution in [3.63, 3.8) is 0 Å². The summed E-state index contributed by atoms with van der Waals surface area (Å²) in [6.45, 7) is 3.80. The summed E-state index contributed by atoms with van der Waals surface area (Å²) >= 11 is 1.53. The van der Waals surface area contributed by atoms with Crippen molar-refractivity contribution in [3.05, 3.63) is 60.2 Å². The van der Waals surface area contributed by atoms with Crippen LogP contribution in [0, 0.1) is 0 Å². The fourth-order valence-corrected chi connectivity index (χ4v) is 4.82. The zero-order valence-corrected chi connectivity index (χ0v) is 17.6. The molecule has 0 aliphatic heterocycles. The molecular formula is C20H25NO5S2. The molecule has 0 amide bonds. The first-order valence-electron chi connectivity index (χ1n) is 8.97. The lowest BCUT2D eigenvalue weighted by Crippen LogP contribution is -2.30. The summed E-state index contributed by atoms with van der Waals surface area (Å²) in [5.74, 6) is 0.977. The van der Waals surface area contributed by atoms with E-state index in [-0.39, 0.29) is 16.9 Å². The Kier molecular flexibility index (Phi) is 8.82. The Balaban J connectivity index is 1.74. The van der Waals surface area contributed by atoms with E-state index in [2.05, 4.69) is 4.72 Å². The number of carbonyl (C=O) groups is 1. The molecule has 2 aromatic rings. The third-order valence-electron chi connectivity index (χ3n) is 3.72. The van der Waals surface area contributed by atoms with Crippen LogP contribution in [0.1, 0.15) is 19.4 Å². The number of hydrogen-bond donors (Lipinski definition) is 1. The Morgan fingerprint density at radius 1 is 1.11 bits per heavy atom. The summed E-state index contributed by atoms with van der Waals surface area (Å²) in [5.41, 5.74) is 1.11. The number of thioether (sulfide) groups is 1. The SMILES string of the molecule is CCOC(=O)COc1ccc(CCSC(C)NS(=O)(=O)c2ccccc2)cc1. The fraction of sp³-hybridized carbons (Fsp3) is 0.350. The van der Waals surface area contributed by atoms with Gasteiger partial charge in [0, 0.05) is 0 Å². The van der Waals surface area contributed by atoms with E-state index in [1.165, 1.54) is 11.8 Å². The van der Waals surface area contributed by atoms with E-state index in [1.807, 2.05) is 19.1 Å². The van der Waals surface area contributed by atoms with E-state index in [1.54, 1.807) is 49.4 Å². The maximum absolute atomic E-state index is 12.3. The van der Waals surface area contributed by atoms with Gasteiger partial charge in [-0.3, -0.25) is 0 Å². The van der Waals surface area contributed by atoms with Gasteiger partial charge in [0.2, 0.25) is 10.0 Å². The summed E-state index contributed by atoms with van der Waals surface area (Å²) in [6.07, 6.45) is 0.792. The van der Waals surface area contributed by atoms with Gasteiger partial charge < -0.3 is 9.47 Å². The average molecular weight is 424 g/mol. The monoisotopic (exact) mass is 423 g/mol. The molecule has 8 heteroatoms. The van der Waals surface area contributed by atoms with Crippen LogP contribution >= 0.6 is 11.8 Å². The number of carbonyl (C=O) groups excluding carboxylic acids is 1. The molecule has 0 aromatic heterocycles. The van der Waals surface area contributed by atoms with Crippen LogP contribution in [-0.2, 0) is 26.0 Å². The molecule has 0 aliphatic rings. The highest BCUT2D eigenvalue weighted by atomic mass is 32.2. The van der Waals surface area contributed by atoms with Crippen LogP contribution < -0.4 is 9.46 Å². The Labute approximate surface area is 170 Å². The third kappa shape index (κ3) is 7.53. The number of esters is 1. The molecule has 1 atom stereocenters. The van der Waals surface area contributed by atoms with Crippen molar-refractivity contribution in [1.82, 2.24) is 4.72 Å². The van der Waals surface area contributed by atoms with Crippen LogP contribution in [0.25, 0.3) is 0 Å². The fourth-order valence-electron chi connectivity index (χ4n) is 2.37. The lowest BCUT2D eigenvalue weighted by Gasteiger charge is -2.14. The van der Waals surface area contributed by atoms with Crippen molar-refractivity contribution in [1.29, 1.82) is 0 Å². The zero-order valence-electron chi connectivity index (χ0n) is 16.0.